The van der Waals surface area contributed by atoms with E-state index in [0.29, 0.717) is 11.4 Å². The second kappa shape index (κ2) is 6.44. The third-order valence-corrected chi connectivity index (χ3v) is 4.38. The summed E-state index contributed by atoms with van der Waals surface area (Å²) >= 11 is 0. The van der Waals surface area contributed by atoms with Crippen LogP contribution in [0.25, 0.3) is 22.0 Å². The molecule has 0 saturated carbocycles. The molecular weight excluding hydrogens is 324 g/mol. The second-order valence-electron chi connectivity index (χ2n) is 6.29. The fraction of sp³-hybridized carbons (Fsp3) is 0.0952. The number of hydrogen-bond donors (Lipinski definition) is 1. The van der Waals surface area contributed by atoms with Crippen LogP contribution in [-0.4, -0.2) is 20.7 Å². The van der Waals surface area contributed by atoms with Crippen LogP contribution in [0, 0.1) is 6.92 Å². The fourth-order valence-corrected chi connectivity index (χ4v) is 2.89. The van der Waals surface area contributed by atoms with E-state index in [0.717, 1.165) is 22.0 Å². The number of anilines is 1. The van der Waals surface area contributed by atoms with Gasteiger partial charge in [0.15, 0.2) is 0 Å². The average Bonchev–Trinajstić information content (AvgIpc) is 3.08. The van der Waals surface area contributed by atoms with E-state index in [9.17, 15) is 4.79 Å². The Labute approximate surface area is 151 Å². The summed E-state index contributed by atoms with van der Waals surface area (Å²) in [6, 6.07) is 17.9. The van der Waals surface area contributed by atoms with Gasteiger partial charge in [0.25, 0.3) is 5.91 Å². The number of rotatable bonds is 3. The zero-order valence-corrected chi connectivity index (χ0v) is 14.6. The minimum atomic E-state index is -0.194. The quantitative estimate of drug-likeness (QED) is 0.607. The number of aryl methyl sites for hydroxylation is 2. The molecule has 128 valence electrons. The molecule has 0 spiro atoms. The highest BCUT2D eigenvalue weighted by molar-refractivity contribution is 6.04. The van der Waals surface area contributed by atoms with Crippen LogP contribution in [-0.2, 0) is 7.05 Å². The molecule has 2 aromatic heterocycles. The number of carbonyl (C=O) groups excluding carboxylic acids is 1. The molecule has 0 aliphatic rings. The Bertz CT molecular complexity index is 1100. The van der Waals surface area contributed by atoms with E-state index in [1.165, 1.54) is 5.56 Å². The van der Waals surface area contributed by atoms with Gasteiger partial charge >= 0.3 is 0 Å². The zero-order valence-electron chi connectivity index (χ0n) is 14.6. The minimum absolute atomic E-state index is 0.194. The Morgan fingerprint density at radius 2 is 1.81 bits per heavy atom. The first kappa shape index (κ1) is 16.0. The highest BCUT2D eigenvalue weighted by Gasteiger charge is 2.10. The third kappa shape index (κ3) is 3.07. The molecule has 4 aromatic rings. The molecule has 0 bridgehead atoms. The van der Waals surface area contributed by atoms with Crippen LogP contribution in [0.1, 0.15) is 16.1 Å². The summed E-state index contributed by atoms with van der Waals surface area (Å²) in [4.78, 5) is 16.9. The molecule has 0 radical (unpaired) electrons. The number of amides is 1. The van der Waals surface area contributed by atoms with E-state index in [2.05, 4.69) is 52.7 Å². The number of carbonyl (C=O) groups is 1. The second-order valence-corrected chi connectivity index (χ2v) is 6.29. The van der Waals surface area contributed by atoms with Crippen molar-refractivity contribution in [3.8, 4) is 11.1 Å². The molecule has 0 aliphatic heterocycles. The Hall–Kier alpha value is -3.47. The van der Waals surface area contributed by atoms with Gasteiger partial charge in [0.1, 0.15) is 5.69 Å². The first-order chi connectivity index (χ1) is 12.6. The summed E-state index contributed by atoms with van der Waals surface area (Å²) in [7, 11) is 1.74. The molecule has 26 heavy (non-hydrogen) atoms. The Kier molecular flexibility index (Phi) is 3.97. The summed E-state index contributed by atoms with van der Waals surface area (Å²) < 4.78 is 1.54. The topological polar surface area (TPSA) is 59.8 Å². The van der Waals surface area contributed by atoms with Gasteiger partial charge in [0.05, 0.1) is 5.52 Å². The van der Waals surface area contributed by atoms with Gasteiger partial charge in [-0.15, -0.1) is 0 Å². The van der Waals surface area contributed by atoms with Crippen LogP contribution >= 0.6 is 0 Å². The van der Waals surface area contributed by atoms with Crippen molar-refractivity contribution in [1.29, 1.82) is 0 Å². The molecule has 0 aliphatic carbocycles. The van der Waals surface area contributed by atoms with E-state index >= 15 is 0 Å². The molecule has 5 nitrogen and oxygen atoms in total. The van der Waals surface area contributed by atoms with E-state index in [4.69, 9.17) is 0 Å². The molecule has 1 N–H and O–H groups in total. The van der Waals surface area contributed by atoms with Gasteiger partial charge in [-0.1, -0.05) is 35.9 Å². The smallest absolute Gasteiger partial charge is 0.273 e. The summed E-state index contributed by atoms with van der Waals surface area (Å²) in [5.74, 6) is -0.194. The molecular formula is C21H18N4O. The van der Waals surface area contributed by atoms with E-state index in [1.54, 1.807) is 24.0 Å². The molecule has 0 fully saturated rings. The molecule has 5 heteroatoms. The molecule has 4 rings (SSSR count). The van der Waals surface area contributed by atoms with Crippen LogP contribution in [0.3, 0.4) is 0 Å². The molecule has 0 unspecified atom stereocenters. The average molecular weight is 342 g/mol. The van der Waals surface area contributed by atoms with Crippen LogP contribution in [0.5, 0.6) is 0 Å². The first-order valence-corrected chi connectivity index (χ1v) is 8.36. The largest absolute Gasteiger partial charge is 0.321 e. The van der Waals surface area contributed by atoms with Crippen LogP contribution in [0.15, 0.2) is 67.0 Å². The number of nitrogens with one attached hydrogen (secondary N) is 1. The number of hydrogen-bond acceptors (Lipinski definition) is 3. The maximum atomic E-state index is 12.3. The van der Waals surface area contributed by atoms with Crippen molar-refractivity contribution >= 4 is 22.5 Å². The Balaban J connectivity index is 1.62. The highest BCUT2D eigenvalue weighted by Crippen LogP contribution is 2.25. The van der Waals surface area contributed by atoms with Gasteiger partial charge in [-0.05, 0) is 36.8 Å². The van der Waals surface area contributed by atoms with E-state index in [1.807, 2.05) is 24.4 Å². The molecule has 0 atom stereocenters. The summed E-state index contributed by atoms with van der Waals surface area (Å²) in [5, 5.41) is 7.94. The maximum Gasteiger partial charge on any atom is 0.273 e. The number of pyridine rings is 1. The van der Waals surface area contributed by atoms with E-state index < -0.39 is 0 Å². The number of benzene rings is 2. The number of nitrogens with zero attached hydrogens (tertiary/aromatic N) is 3. The van der Waals surface area contributed by atoms with Crippen LogP contribution in [0.2, 0.25) is 0 Å². The van der Waals surface area contributed by atoms with Crippen molar-refractivity contribution in [2.24, 2.45) is 7.05 Å². The number of fused-ring (bicyclic) bond motifs is 1. The zero-order chi connectivity index (χ0) is 18.1. The number of aromatic nitrogens is 3. The molecule has 1 amide bonds. The SMILES string of the molecule is Cc1ccc(-c2cnc3cc(NC(=O)c4ccnn4C)ccc3c2)cc1. The normalized spacial score (nSPS) is 10.8. The first-order valence-electron chi connectivity index (χ1n) is 8.36. The van der Waals surface area contributed by atoms with Crippen LogP contribution in [0.4, 0.5) is 5.69 Å². The van der Waals surface area contributed by atoms with Gasteiger partial charge in [-0.2, -0.15) is 5.10 Å². The monoisotopic (exact) mass is 342 g/mol. The van der Waals surface area contributed by atoms with Crippen molar-refractivity contribution in [1.82, 2.24) is 14.8 Å². The van der Waals surface area contributed by atoms with Gasteiger partial charge < -0.3 is 5.32 Å². The Morgan fingerprint density at radius 3 is 2.54 bits per heavy atom. The third-order valence-electron chi connectivity index (χ3n) is 4.38. The maximum absolute atomic E-state index is 12.3. The summed E-state index contributed by atoms with van der Waals surface area (Å²) in [6.07, 6.45) is 3.46. The van der Waals surface area contributed by atoms with Crippen molar-refractivity contribution < 1.29 is 4.79 Å². The van der Waals surface area contributed by atoms with Crippen molar-refractivity contribution in [2.75, 3.05) is 5.32 Å². The summed E-state index contributed by atoms with van der Waals surface area (Å²) in [6.45, 7) is 2.07. The lowest BCUT2D eigenvalue weighted by Gasteiger charge is -2.08. The molecule has 2 aromatic carbocycles. The lowest BCUT2D eigenvalue weighted by atomic mass is 10.0. The van der Waals surface area contributed by atoms with Gasteiger partial charge in [-0.3, -0.25) is 14.5 Å². The standard InChI is InChI=1S/C21H18N4O/c1-14-3-5-15(6-4-14)17-11-16-7-8-18(12-19(16)22-13-17)24-21(26)20-9-10-23-25(20)2/h3-13H,1-2H3,(H,24,26). The van der Waals surface area contributed by atoms with Gasteiger partial charge in [0.2, 0.25) is 0 Å². The van der Waals surface area contributed by atoms with Crippen molar-refractivity contribution in [3.05, 3.63) is 78.2 Å². The van der Waals surface area contributed by atoms with Crippen LogP contribution < -0.4 is 5.32 Å². The lowest BCUT2D eigenvalue weighted by Crippen LogP contribution is -2.16. The molecule has 2 heterocycles. The minimum Gasteiger partial charge on any atom is -0.321 e. The molecule has 0 saturated heterocycles. The summed E-state index contributed by atoms with van der Waals surface area (Å²) in [5.41, 5.74) is 5.50. The predicted molar refractivity (Wildman–Crippen MR) is 103 cm³/mol. The Morgan fingerprint density at radius 1 is 1.00 bits per heavy atom. The van der Waals surface area contributed by atoms with E-state index in [-0.39, 0.29) is 5.91 Å². The van der Waals surface area contributed by atoms with Crippen molar-refractivity contribution in [2.45, 2.75) is 6.92 Å². The van der Waals surface area contributed by atoms with Gasteiger partial charge in [0, 0.05) is 36.1 Å². The van der Waals surface area contributed by atoms with Gasteiger partial charge in [-0.25, -0.2) is 0 Å². The predicted octanol–water partition coefficient (Wildman–Crippen LogP) is 4.20. The highest BCUT2D eigenvalue weighted by atomic mass is 16.2. The lowest BCUT2D eigenvalue weighted by molar-refractivity contribution is 0.101. The fourth-order valence-electron chi connectivity index (χ4n) is 2.89. The van der Waals surface area contributed by atoms with Crippen molar-refractivity contribution in [3.63, 3.8) is 0 Å².